The lowest BCUT2D eigenvalue weighted by Crippen LogP contribution is -2.54. The molecule has 2 atom stereocenters. The van der Waals surface area contributed by atoms with E-state index in [1.165, 1.54) is 18.0 Å². The molecule has 216 valence electrons. The Bertz CT molecular complexity index is 1380. The maximum atomic E-state index is 13.9. The number of carbonyl (C=O) groups is 1. The Labute approximate surface area is 239 Å². The first-order valence-electron chi connectivity index (χ1n) is 13.1. The number of halogens is 5. The fourth-order valence-corrected chi connectivity index (χ4v) is 6.12. The van der Waals surface area contributed by atoms with Gasteiger partial charge in [0.15, 0.2) is 11.3 Å². The summed E-state index contributed by atoms with van der Waals surface area (Å²) in [5.41, 5.74) is -0.754. The molecule has 0 unspecified atom stereocenters. The third-order valence-corrected chi connectivity index (χ3v) is 8.33. The molecule has 3 aromatic rings. The number of carbonyl (C=O) groups excluding carboxylic acids is 1. The van der Waals surface area contributed by atoms with Crippen LogP contribution in [0.3, 0.4) is 0 Å². The van der Waals surface area contributed by atoms with Gasteiger partial charge >= 0.3 is 12.3 Å². The molecule has 40 heavy (non-hydrogen) atoms. The Morgan fingerprint density at radius 3 is 2.70 bits per heavy atom. The van der Waals surface area contributed by atoms with E-state index < -0.39 is 24.0 Å². The van der Waals surface area contributed by atoms with Gasteiger partial charge in [-0.2, -0.15) is 18.3 Å². The average Bonchev–Trinajstić information content (AvgIpc) is 3.27. The Kier molecular flexibility index (Phi) is 8.30. The predicted octanol–water partition coefficient (Wildman–Crippen LogP) is 5.27. The number of fused-ring (bicyclic) bond motifs is 1. The smallest absolute Gasteiger partial charge is 0.437 e. The number of nitrogens with zero attached hydrogens (tertiary/aromatic N) is 6. The van der Waals surface area contributed by atoms with E-state index in [2.05, 4.69) is 30.0 Å². The lowest BCUT2D eigenvalue weighted by molar-refractivity contribution is -0.140. The molecule has 2 fully saturated rings. The number of piperidine rings is 1. The molecule has 5 rings (SSSR count). The van der Waals surface area contributed by atoms with Crippen molar-refractivity contribution in [1.82, 2.24) is 30.0 Å². The molecule has 2 aliphatic rings. The number of aromatic nitrogens is 4. The van der Waals surface area contributed by atoms with E-state index in [4.69, 9.17) is 23.2 Å². The fourth-order valence-electron chi connectivity index (χ4n) is 5.55. The van der Waals surface area contributed by atoms with Gasteiger partial charge in [0.2, 0.25) is 0 Å². The first-order chi connectivity index (χ1) is 19.0. The fraction of sp³-hybridized carbons (Fsp3) is 0.538. The van der Waals surface area contributed by atoms with Crippen molar-refractivity contribution >= 4 is 46.3 Å². The van der Waals surface area contributed by atoms with Gasteiger partial charge in [-0.15, -0.1) is 0 Å². The van der Waals surface area contributed by atoms with Gasteiger partial charge in [0.25, 0.3) is 0 Å². The topological polar surface area (TPSA) is 88.4 Å². The largest absolute Gasteiger partial charge is 0.453 e. The number of amides is 1. The van der Waals surface area contributed by atoms with Gasteiger partial charge in [-0.25, -0.2) is 19.4 Å². The predicted molar refractivity (Wildman–Crippen MR) is 146 cm³/mol. The third kappa shape index (κ3) is 5.94. The number of nitrogens with one attached hydrogen (secondary N) is 1. The first-order valence-corrected chi connectivity index (χ1v) is 13.9. The summed E-state index contributed by atoms with van der Waals surface area (Å²) in [6.45, 7) is 6.41. The molecule has 1 amide bonds. The molecule has 1 aromatic carbocycles. The van der Waals surface area contributed by atoms with Crippen molar-refractivity contribution in [1.29, 1.82) is 0 Å². The summed E-state index contributed by atoms with van der Waals surface area (Å²) in [6.07, 6.45) is -1.54. The van der Waals surface area contributed by atoms with Crippen molar-refractivity contribution in [3.8, 4) is 0 Å². The van der Waals surface area contributed by atoms with E-state index in [9.17, 15) is 18.0 Å². The van der Waals surface area contributed by atoms with Crippen molar-refractivity contribution in [2.24, 2.45) is 11.8 Å². The highest BCUT2D eigenvalue weighted by atomic mass is 35.5. The van der Waals surface area contributed by atoms with Crippen LogP contribution in [0.25, 0.3) is 11.2 Å². The highest BCUT2D eigenvalue weighted by molar-refractivity contribution is 6.35. The SMILES string of the molecule is COC(=O)NCCN1CCC[C@H](C2CN(c3cnc4c(C(F)(F)F)nn([C@H](C)c5ccc(Cl)cc5Cl)c4n3)C2)C1. The first kappa shape index (κ1) is 28.7. The van der Waals surface area contributed by atoms with Crippen LogP contribution in [0.1, 0.15) is 37.1 Å². The Balaban J connectivity index is 1.32. The van der Waals surface area contributed by atoms with Crippen molar-refractivity contribution in [2.75, 3.05) is 51.3 Å². The minimum atomic E-state index is -4.69. The molecule has 4 heterocycles. The van der Waals surface area contributed by atoms with E-state index in [-0.39, 0.29) is 11.2 Å². The highest BCUT2D eigenvalue weighted by Crippen LogP contribution is 2.38. The van der Waals surface area contributed by atoms with Crippen LogP contribution in [0.5, 0.6) is 0 Å². The molecule has 2 aromatic heterocycles. The van der Waals surface area contributed by atoms with Crippen LogP contribution in [0.4, 0.5) is 23.8 Å². The van der Waals surface area contributed by atoms with Crippen molar-refractivity contribution in [3.63, 3.8) is 0 Å². The molecule has 0 spiro atoms. The van der Waals surface area contributed by atoms with Gasteiger partial charge in [-0.1, -0.05) is 29.3 Å². The summed E-state index contributed by atoms with van der Waals surface area (Å²) in [6, 6.07) is 4.21. The van der Waals surface area contributed by atoms with Gasteiger partial charge in [0, 0.05) is 42.8 Å². The molecule has 0 aliphatic carbocycles. The molecule has 9 nitrogen and oxygen atoms in total. The van der Waals surface area contributed by atoms with Crippen LogP contribution in [0.15, 0.2) is 24.4 Å². The summed E-state index contributed by atoms with van der Waals surface area (Å²) >= 11 is 12.4. The zero-order valence-electron chi connectivity index (χ0n) is 22.1. The minimum Gasteiger partial charge on any atom is -0.453 e. The number of hydrogen-bond donors (Lipinski definition) is 1. The zero-order chi connectivity index (χ0) is 28.6. The highest BCUT2D eigenvalue weighted by Gasteiger charge is 2.40. The van der Waals surface area contributed by atoms with Crippen LogP contribution in [-0.2, 0) is 10.9 Å². The number of ether oxygens (including phenoxy) is 1. The monoisotopic (exact) mass is 599 g/mol. The van der Waals surface area contributed by atoms with E-state index in [0.29, 0.717) is 39.8 Å². The molecule has 2 saturated heterocycles. The van der Waals surface area contributed by atoms with Gasteiger partial charge in [-0.05, 0) is 55.8 Å². The number of hydrogen-bond acceptors (Lipinski definition) is 7. The lowest BCUT2D eigenvalue weighted by atomic mass is 9.80. The Morgan fingerprint density at radius 1 is 1.23 bits per heavy atom. The molecule has 0 bridgehead atoms. The van der Waals surface area contributed by atoms with E-state index in [1.807, 2.05) is 4.90 Å². The lowest BCUT2D eigenvalue weighted by Gasteiger charge is -2.47. The van der Waals surface area contributed by atoms with Crippen molar-refractivity contribution < 1.29 is 22.7 Å². The zero-order valence-corrected chi connectivity index (χ0v) is 23.6. The average molecular weight is 600 g/mol. The van der Waals surface area contributed by atoms with E-state index in [1.54, 1.807) is 25.1 Å². The Morgan fingerprint density at radius 2 is 2.00 bits per heavy atom. The second kappa shape index (κ2) is 11.6. The Hall–Kier alpha value is -2.83. The van der Waals surface area contributed by atoms with Gasteiger partial charge in [0.05, 0.1) is 19.3 Å². The maximum absolute atomic E-state index is 13.9. The summed E-state index contributed by atoms with van der Waals surface area (Å²) in [5.74, 6) is 1.45. The van der Waals surface area contributed by atoms with E-state index >= 15 is 0 Å². The van der Waals surface area contributed by atoms with Gasteiger partial charge < -0.3 is 19.9 Å². The number of benzene rings is 1. The number of likely N-dealkylation sites (tertiary alicyclic amines) is 1. The number of alkyl carbamates (subject to hydrolysis) is 1. The molecule has 1 N–H and O–H groups in total. The van der Waals surface area contributed by atoms with Crippen LogP contribution in [-0.4, -0.2) is 77.1 Å². The standard InChI is InChI=1S/C26H30Cl2F3N7O2/c1-15(19-6-5-18(27)10-20(19)28)38-24-22(23(35-38)26(29,30)31)33-11-21(34-24)37-13-17(14-37)16-4-3-8-36(12-16)9-7-32-25(39)40-2/h5-6,10-11,15-17H,3-4,7-9,12-14H2,1-2H3,(H,32,39)/t15-,16+/m1/s1. The minimum absolute atomic E-state index is 0.0498. The molecule has 0 radical (unpaired) electrons. The molecular formula is C26H30Cl2F3N7O2. The van der Waals surface area contributed by atoms with Gasteiger partial charge in [0.1, 0.15) is 11.3 Å². The summed E-state index contributed by atoms with van der Waals surface area (Å²) in [4.78, 5) is 24.5. The third-order valence-electron chi connectivity index (χ3n) is 7.76. The second-order valence-electron chi connectivity index (χ2n) is 10.3. The number of methoxy groups -OCH3 is 1. The van der Waals surface area contributed by atoms with Gasteiger partial charge in [-0.3, -0.25) is 0 Å². The quantitative estimate of drug-likeness (QED) is 0.396. The van der Waals surface area contributed by atoms with Crippen LogP contribution < -0.4 is 10.2 Å². The number of alkyl halides is 3. The summed E-state index contributed by atoms with van der Waals surface area (Å²) < 4.78 is 47.4. The summed E-state index contributed by atoms with van der Waals surface area (Å²) in [5, 5.41) is 7.37. The maximum Gasteiger partial charge on any atom is 0.437 e. The molecule has 14 heteroatoms. The van der Waals surface area contributed by atoms with E-state index in [0.717, 1.165) is 45.6 Å². The summed E-state index contributed by atoms with van der Waals surface area (Å²) in [7, 11) is 1.34. The molecular weight excluding hydrogens is 570 g/mol. The van der Waals surface area contributed by atoms with Crippen molar-refractivity contribution in [3.05, 3.63) is 45.7 Å². The number of rotatable bonds is 7. The molecule has 2 aliphatic heterocycles. The van der Waals surface area contributed by atoms with Crippen LogP contribution in [0, 0.1) is 11.8 Å². The second-order valence-corrected chi connectivity index (χ2v) is 11.2. The number of anilines is 1. The van der Waals surface area contributed by atoms with Crippen LogP contribution >= 0.6 is 23.2 Å². The van der Waals surface area contributed by atoms with Crippen molar-refractivity contribution in [2.45, 2.75) is 32.0 Å². The normalized spacial score (nSPS) is 19.5. The van der Waals surface area contributed by atoms with Crippen LogP contribution in [0.2, 0.25) is 10.0 Å². The molecule has 0 saturated carbocycles.